The summed E-state index contributed by atoms with van der Waals surface area (Å²) in [4.78, 5) is 12.3. The molecule has 0 aliphatic rings. The molecule has 0 aliphatic heterocycles. The monoisotopic (exact) mass is 582 g/mol. The van der Waals surface area contributed by atoms with Crippen molar-refractivity contribution in [3.05, 3.63) is 0 Å². The van der Waals surface area contributed by atoms with E-state index in [1.165, 1.54) is 161 Å². The highest BCUT2D eigenvalue weighted by Crippen LogP contribution is 2.16. The second kappa shape index (κ2) is 33.9. The zero-order valence-electron chi connectivity index (χ0n) is 28.1. The first-order valence-electron chi connectivity index (χ1n) is 18.7. The van der Waals surface area contributed by atoms with E-state index in [1.54, 1.807) is 0 Å². The molecule has 0 spiro atoms. The molecule has 2 atom stereocenters. The summed E-state index contributed by atoms with van der Waals surface area (Å²) in [5.41, 5.74) is 0. The lowest BCUT2D eigenvalue weighted by atomic mass is 10.0. The molecule has 0 aromatic rings. The molecule has 0 aromatic heterocycles. The zero-order valence-corrected chi connectivity index (χ0v) is 28.1. The Labute approximate surface area is 257 Å². The smallest absolute Gasteiger partial charge is 0.220 e. The minimum absolute atomic E-state index is 0.0295. The van der Waals surface area contributed by atoms with Gasteiger partial charge in [0.25, 0.3) is 0 Å². The number of hydrogen-bond acceptors (Lipinski definition) is 3. The number of rotatable bonds is 34. The van der Waals surface area contributed by atoms with Gasteiger partial charge in [-0.25, -0.2) is 0 Å². The van der Waals surface area contributed by atoms with Gasteiger partial charge in [-0.2, -0.15) is 0 Å². The van der Waals surface area contributed by atoms with Crippen LogP contribution in [0.2, 0.25) is 0 Å². The number of unbranched alkanes of at least 4 members (excludes halogenated alkanes) is 27. The van der Waals surface area contributed by atoms with E-state index < -0.39 is 12.1 Å². The lowest BCUT2D eigenvalue weighted by Crippen LogP contribution is -2.45. The third-order valence-electron chi connectivity index (χ3n) is 8.87. The molecule has 4 nitrogen and oxygen atoms in total. The van der Waals surface area contributed by atoms with Crippen molar-refractivity contribution < 1.29 is 15.0 Å². The van der Waals surface area contributed by atoms with Crippen molar-refractivity contribution in [3.63, 3.8) is 0 Å². The minimum Gasteiger partial charge on any atom is -0.394 e. The normalized spacial score (nSPS) is 13.0. The first kappa shape index (κ1) is 40.4. The maximum Gasteiger partial charge on any atom is 0.220 e. The maximum atomic E-state index is 12.3. The molecular formula is C37H75NO3. The van der Waals surface area contributed by atoms with Crippen LogP contribution in [0.4, 0.5) is 0 Å². The topological polar surface area (TPSA) is 69.6 Å². The summed E-state index contributed by atoms with van der Waals surface area (Å²) in [6.07, 6.45) is 38.7. The maximum absolute atomic E-state index is 12.3. The molecule has 41 heavy (non-hydrogen) atoms. The third-order valence-corrected chi connectivity index (χ3v) is 8.87. The summed E-state index contributed by atoms with van der Waals surface area (Å²) in [7, 11) is 0. The summed E-state index contributed by atoms with van der Waals surface area (Å²) in [6.45, 7) is 4.36. The van der Waals surface area contributed by atoms with Gasteiger partial charge >= 0.3 is 0 Å². The Bertz CT molecular complexity index is 512. The van der Waals surface area contributed by atoms with Gasteiger partial charge in [0.15, 0.2) is 0 Å². The van der Waals surface area contributed by atoms with Gasteiger partial charge < -0.3 is 15.5 Å². The van der Waals surface area contributed by atoms with E-state index in [0.29, 0.717) is 12.8 Å². The fourth-order valence-electron chi connectivity index (χ4n) is 5.95. The Morgan fingerprint density at radius 1 is 0.488 bits per heavy atom. The number of nitrogens with one attached hydrogen (secondary N) is 1. The lowest BCUT2D eigenvalue weighted by molar-refractivity contribution is -0.123. The van der Waals surface area contributed by atoms with E-state index in [0.717, 1.165) is 25.7 Å². The van der Waals surface area contributed by atoms with Crippen LogP contribution in [0, 0.1) is 0 Å². The van der Waals surface area contributed by atoms with Gasteiger partial charge in [0.05, 0.1) is 18.8 Å². The zero-order chi connectivity index (χ0) is 30.1. The molecule has 0 aliphatic carbocycles. The van der Waals surface area contributed by atoms with Crippen molar-refractivity contribution in [3.8, 4) is 0 Å². The highest BCUT2D eigenvalue weighted by molar-refractivity contribution is 5.76. The van der Waals surface area contributed by atoms with Gasteiger partial charge in [-0.15, -0.1) is 0 Å². The number of aliphatic hydroxyl groups excluding tert-OH is 2. The number of carbonyl (C=O) groups is 1. The Balaban J connectivity index is 3.52. The molecule has 0 saturated heterocycles. The average molecular weight is 582 g/mol. The van der Waals surface area contributed by atoms with E-state index in [9.17, 15) is 15.0 Å². The highest BCUT2D eigenvalue weighted by atomic mass is 16.3. The molecule has 0 heterocycles. The summed E-state index contributed by atoms with van der Waals surface area (Å²) in [6, 6.07) is -0.527. The molecule has 0 radical (unpaired) electrons. The van der Waals surface area contributed by atoms with Crippen molar-refractivity contribution >= 4 is 5.91 Å². The minimum atomic E-state index is -0.651. The summed E-state index contributed by atoms with van der Waals surface area (Å²) < 4.78 is 0. The predicted molar refractivity (Wildman–Crippen MR) is 179 cm³/mol. The molecule has 1 amide bonds. The first-order valence-corrected chi connectivity index (χ1v) is 18.7. The molecule has 246 valence electrons. The van der Waals surface area contributed by atoms with E-state index in [2.05, 4.69) is 19.2 Å². The van der Waals surface area contributed by atoms with Crippen molar-refractivity contribution in [2.45, 2.75) is 225 Å². The molecule has 3 N–H and O–H groups in total. The quantitative estimate of drug-likeness (QED) is 0.0662. The SMILES string of the molecule is CCCCCCCCCCCCCCCCCC[C@@H](O)[C@H](CO)NC(=O)CCCCCCCCCCCCCCC. The second-order valence-electron chi connectivity index (χ2n) is 13.0. The van der Waals surface area contributed by atoms with E-state index in [1.807, 2.05) is 0 Å². The Morgan fingerprint density at radius 3 is 1.10 bits per heavy atom. The van der Waals surface area contributed by atoms with Crippen LogP contribution in [-0.4, -0.2) is 34.9 Å². The molecule has 0 unspecified atom stereocenters. The van der Waals surface area contributed by atoms with E-state index in [4.69, 9.17) is 0 Å². The van der Waals surface area contributed by atoms with Crippen LogP contribution >= 0.6 is 0 Å². The number of carbonyl (C=O) groups excluding carboxylic acids is 1. The standard InChI is InChI=1S/C37H75NO3/c1-3-5-7-9-11-13-15-17-18-19-21-22-24-26-28-30-32-36(40)35(34-39)38-37(41)33-31-29-27-25-23-20-16-14-12-10-8-6-4-2/h35-36,39-40H,3-34H2,1-2H3,(H,38,41)/t35-,36+/m0/s1. The first-order chi connectivity index (χ1) is 20.2. The molecule has 0 saturated carbocycles. The molecule has 0 rings (SSSR count). The Kier molecular flexibility index (Phi) is 33.4. The Hall–Kier alpha value is -0.610. The van der Waals surface area contributed by atoms with Crippen LogP contribution in [-0.2, 0) is 4.79 Å². The van der Waals surface area contributed by atoms with Crippen LogP contribution in [0.25, 0.3) is 0 Å². The fourth-order valence-corrected chi connectivity index (χ4v) is 5.95. The second-order valence-corrected chi connectivity index (χ2v) is 13.0. The predicted octanol–water partition coefficient (Wildman–Crippen LogP) is 11.0. The fraction of sp³-hybridized carbons (Fsp3) is 0.973. The van der Waals surface area contributed by atoms with E-state index in [-0.39, 0.29) is 12.5 Å². The molecule has 4 heteroatoms. The van der Waals surface area contributed by atoms with Gasteiger partial charge in [-0.05, 0) is 12.8 Å². The van der Waals surface area contributed by atoms with Gasteiger partial charge in [0.2, 0.25) is 5.91 Å². The van der Waals surface area contributed by atoms with Crippen molar-refractivity contribution in [1.29, 1.82) is 0 Å². The number of aliphatic hydroxyl groups is 2. The molecular weight excluding hydrogens is 506 g/mol. The van der Waals surface area contributed by atoms with Crippen LogP contribution in [0.1, 0.15) is 213 Å². The molecule has 0 aromatic carbocycles. The van der Waals surface area contributed by atoms with Crippen LogP contribution < -0.4 is 5.32 Å². The van der Waals surface area contributed by atoms with Crippen LogP contribution in [0.5, 0.6) is 0 Å². The van der Waals surface area contributed by atoms with Crippen LogP contribution in [0.15, 0.2) is 0 Å². The third kappa shape index (κ3) is 30.6. The summed E-state index contributed by atoms with van der Waals surface area (Å²) >= 11 is 0. The van der Waals surface area contributed by atoms with Crippen molar-refractivity contribution in [2.24, 2.45) is 0 Å². The van der Waals surface area contributed by atoms with Gasteiger partial charge in [0.1, 0.15) is 0 Å². The summed E-state index contributed by atoms with van der Waals surface area (Å²) in [5, 5.41) is 23.0. The van der Waals surface area contributed by atoms with Crippen LogP contribution in [0.3, 0.4) is 0 Å². The molecule has 0 fully saturated rings. The van der Waals surface area contributed by atoms with Crippen molar-refractivity contribution in [2.75, 3.05) is 6.61 Å². The van der Waals surface area contributed by atoms with E-state index >= 15 is 0 Å². The number of hydrogen-bond donors (Lipinski definition) is 3. The van der Waals surface area contributed by atoms with Gasteiger partial charge in [0, 0.05) is 6.42 Å². The molecule has 0 bridgehead atoms. The Morgan fingerprint density at radius 2 is 0.780 bits per heavy atom. The lowest BCUT2D eigenvalue weighted by Gasteiger charge is -2.22. The largest absolute Gasteiger partial charge is 0.394 e. The van der Waals surface area contributed by atoms with Crippen molar-refractivity contribution in [1.82, 2.24) is 5.32 Å². The number of amides is 1. The highest BCUT2D eigenvalue weighted by Gasteiger charge is 2.19. The van der Waals surface area contributed by atoms with Gasteiger partial charge in [-0.1, -0.05) is 194 Å². The van der Waals surface area contributed by atoms with Gasteiger partial charge in [-0.3, -0.25) is 4.79 Å². The average Bonchev–Trinajstić information content (AvgIpc) is 2.97. The summed E-state index contributed by atoms with van der Waals surface area (Å²) in [5.74, 6) is -0.0295.